The highest BCUT2D eigenvalue weighted by Crippen LogP contribution is 2.29. The van der Waals surface area contributed by atoms with Crippen molar-refractivity contribution in [1.82, 2.24) is 0 Å². The number of halogens is 2. The lowest BCUT2D eigenvalue weighted by atomic mass is 10.1. The summed E-state index contributed by atoms with van der Waals surface area (Å²) in [7, 11) is 0. The number of carbonyl (C=O) groups excluding carboxylic acids is 1. The molecule has 0 bridgehead atoms. The van der Waals surface area contributed by atoms with Crippen molar-refractivity contribution in [1.29, 1.82) is 0 Å². The van der Waals surface area contributed by atoms with E-state index in [4.69, 9.17) is 16.3 Å². The van der Waals surface area contributed by atoms with Gasteiger partial charge in [-0.05, 0) is 41.9 Å². The van der Waals surface area contributed by atoms with E-state index in [1.54, 1.807) is 19.1 Å². The molecule has 0 aromatic heterocycles. The summed E-state index contributed by atoms with van der Waals surface area (Å²) in [6.45, 7) is 4.11. The van der Waals surface area contributed by atoms with Crippen LogP contribution in [0.25, 0.3) is 0 Å². The van der Waals surface area contributed by atoms with Gasteiger partial charge >= 0.3 is 0 Å². The molecule has 0 saturated heterocycles. The van der Waals surface area contributed by atoms with Crippen LogP contribution in [0.2, 0.25) is 0 Å². The molecular formula is C11H12BrClO2. The Kier molecular flexibility index (Phi) is 4.61. The highest BCUT2D eigenvalue weighted by Gasteiger charge is 2.17. The van der Waals surface area contributed by atoms with Crippen molar-refractivity contribution < 1.29 is 9.53 Å². The van der Waals surface area contributed by atoms with E-state index < -0.39 is 5.38 Å². The molecule has 15 heavy (non-hydrogen) atoms. The van der Waals surface area contributed by atoms with Crippen LogP contribution in [0, 0.1) is 0 Å². The Labute approximate surface area is 103 Å². The number of alkyl halides is 1. The molecule has 1 atom stereocenters. The number of ether oxygens (including phenoxy) is 1. The number of hydrogen-bond acceptors (Lipinski definition) is 2. The molecule has 0 amide bonds. The van der Waals surface area contributed by atoms with Crippen molar-refractivity contribution in [3.8, 4) is 5.75 Å². The second kappa shape index (κ2) is 5.52. The minimum Gasteiger partial charge on any atom is -0.493 e. The van der Waals surface area contributed by atoms with Gasteiger partial charge in [0.1, 0.15) is 5.75 Å². The molecule has 0 aliphatic rings. The van der Waals surface area contributed by atoms with E-state index in [9.17, 15) is 4.79 Å². The summed E-state index contributed by atoms with van der Waals surface area (Å²) < 4.78 is 6.04. The lowest BCUT2D eigenvalue weighted by molar-refractivity contribution is 0.0990. The Balaban J connectivity index is 3.09. The van der Waals surface area contributed by atoms with Crippen molar-refractivity contribution in [2.75, 3.05) is 6.61 Å². The van der Waals surface area contributed by atoms with Gasteiger partial charge in [0, 0.05) is 5.56 Å². The minimum atomic E-state index is -0.529. The van der Waals surface area contributed by atoms with Gasteiger partial charge in [-0.25, -0.2) is 0 Å². The summed E-state index contributed by atoms with van der Waals surface area (Å²) in [4.78, 5) is 11.7. The van der Waals surface area contributed by atoms with Crippen molar-refractivity contribution in [2.45, 2.75) is 19.2 Å². The number of ketones is 1. The third-order valence-corrected chi connectivity index (χ3v) is 2.91. The van der Waals surface area contributed by atoms with E-state index in [0.29, 0.717) is 22.4 Å². The average Bonchev–Trinajstić information content (AvgIpc) is 2.20. The number of Topliss-reactive ketones (excluding diaryl/α,β-unsaturated/α-hetero) is 1. The Morgan fingerprint density at radius 3 is 2.80 bits per heavy atom. The first kappa shape index (κ1) is 12.5. The molecule has 0 aliphatic carbocycles. The molecule has 2 nitrogen and oxygen atoms in total. The van der Waals surface area contributed by atoms with Gasteiger partial charge in [-0.3, -0.25) is 4.79 Å². The van der Waals surface area contributed by atoms with Crippen LogP contribution < -0.4 is 4.74 Å². The number of carbonyl (C=O) groups is 1. The smallest absolute Gasteiger partial charge is 0.181 e. The Hall–Kier alpha value is -0.540. The van der Waals surface area contributed by atoms with Crippen LogP contribution in [-0.2, 0) is 0 Å². The predicted molar refractivity (Wildman–Crippen MR) is 65.0 cm³/mol. The molecule has 1 aromatic carbocycles. The standard InChI is InChI=1S/C11H12BrClO2/c1-3-15-9-6-4-5-8(10(9)12)11(14)7(2)13/h4-7H,3H2,1-2H3. The van der Waals surface area contributed by atoms with Gasteiger partial charge in [-0.1, -0.05) is 6.07 Å². The molecule has 0 fully saturated rings. The summed E-state index contributed by atoms with van der Waals surface area (Å²) in [6, 6.07) is 5.32. The van der Waals surface area contributed by atoms with Crippen LogP contribution in [0.15, 0.2) is 22.7 Å². The maximum Gasteiger partial charge on any atom is 0.181 e. The molecule has 0 N–H and O–H groups in total. The Morgan fingerprint density at radius 1 is 1.60 bits per heavy atom. The first-order valence-electron chi connectivity index (χ1n) is 4.67. The molecule has 0 radical (unpaired) electrons. The lowest BCUT2D eigenvalue weighted by Gasteiger charge is -2.10. The van der Waals surface area contributed by atoms with Crippen molar-refractivity contribution in [3.05, 3.63) is 28.2 Å². The van der Waals surface area contributed by atoms with E-state index >= 15 is 0 Å². The van der Waals surface area contributed by atoms with Gasteiger partial charge in [0.2, 0.25) is 0 Å². The van der Waals surface area contributed by atoms with E-state index in [-0.39, 0.29) is 5.78 Å². The van der Waals surface area contributed by atoms with Crippen LogP contribution in [0.4, 0.5) is 0 Å². The zero-order valence-corrected chi connectivity index (χ0v) is 10.9. The number of rotatable bonds is 4. The Bertz CT molecular complexity index is 364. The second-order valence-electron chi connectivity index (χ2n) is 3.03. The van der Waals surface area contributed by atoms with Crippen molar-refractivity contribution in [2.24, 2.45) is 0 Å². The van der Waals surface area contributed by atoms with Gasteiger partial charge in [-0.15, -0.1) is 11.6 Å². The van der Waals surface area contributed by atoms with E-state index in [1.807, 2.05) is 13.0 Å². The summed E-state index contributed by atoms with van der Waals surface area (Å²) in [5, 5.41) is -0.529. The zero-order chi connectivity index (χ0) is 11.4. The first-order chi connectivity index (χ1) is 7.07. The maximum absolute atomic E-state index is 11.7. The fraction of sp³-hybridized carbons (Fsp3) is 0.364. The van der Waals surface area contributed by atoms with Crippen molar-refractivity contribution >= 4 is 33.3 Å². The second-order valence-corrected chi connectivity index (χ2v) is 4.48. The molecule has 1 rings (SSSR count). The SMILES string of the molecule is CCOc1cccc(C(=O)C(C)Cl)c1Br. The normalized spacial score (nSPS) is 12.3. The highest BCUT2D eigenvalue weighted by molar-refractivity contribution is 9.10. The van der Waals surface area contributed by atoms with Crippen LogP contribution in [-0.4, -0.2) is 17.8 Å². The van der Waals surface area contributed by atoms with Gasteiger partial charge in [0.05, 0.1) is 16.5 Å². The minimum absolute atomic E-state index is 0.106. The Morgan fingerprint density at radius 2 is 2.27 bits per heavy atom. The topological polar surface area (TPSA) is 26.3 Å². The monoisotopic (exact) mass is 290 g/mol. The number of benzene rings is 1. The largest absolute Gasteiger partial charge is 0.493 e. The first-order valence-corrected chi connectivity index (χ1v) is 5.90. The van der Waals surface area contributed by atoms with Gasteiger partial charge in [-0.2, -0.15) is 0 Å². The van der Waals surface area contributed by atoms with Gasteiger partial charge in [0.25, 0.3) is 0 Å². The molecule has 0 heterocycles. The molecule has 82 valence electrons. The van der Waals surface area contributed by atoms with Gasteiger partial charge in [0.15, 0.2) is 5.78 Å². The third kappa shape index (κ3) is 2.95. The fourth-order valence-electron chi connectivity index (χ4n) is 1.18. The summed E-state index contributed by atoms with van der Waals surface area (Å²) in [5.74, 6) is 0.561. The fourth-order valence-corrected chi connectivity index (χ4v) is 1.87. The predicted octanol–water partition coefficient (Wildman–Crippen LogP) is 3.66. The van der Waals surface area contributed by atoms with Crippen LogP contribution in [0.3, 0.4) is 0 Å². The van der Waals surface area contributed by atoms with E-state index in [0.717, 1.165) is 0 Å². The molecule has 0 spiro atoms. The van der Waals surface area contributed by atoms with E-state index in [2.05, 4.69) is 15.9 Å². The molecule has 0 saturated carbocycles. The molecule has 0 aliphatic heterocycles. The number of hydrogen-bond donors (Lipinski definition) is 0. The third-order valence-electron chi connectivity index (χ3n) is 1.89. The molecule has 1 unspecified atom stereocenters. The molecule has 4 heteroatoms. The van der Waals surface area contributed by atoms with Crippen LogP contribution >= 0.6 is 27.5 Å². The zero-order valence-electron chi connectivity index (χ0n) is 8.59. The van der Waals surface area contributed by atoms with Crippen LogP contribution in [0.5, 0.6) is 5.75 Å². The van der Waals surface area contributed by atoms with Crippen LogP contribution in [0.1, 0.15) is 24.2 Å². The quantitative estimate of drug-likeness (QED) is 0.625. The summed E-state index contributed by atoms with van der Waals surface area (Å²) in [6.07, 6.45) is 0. The van der Waals surface area contributed by atoms with Gasteiger partial charge < -0.3 is 4.74 Å². The lowest BCUT2D eigenvalue weighted by Crippen LogP contribution is -2.11. The molecular weight excluding hydrogens is 279 g/mol. The summed E-state index contributed by atoms with van der Waals surface area (Å²) in [5.41, 5.74) is 0.559. The molecule has 1 aromatic rings. The highest BCUT2D eigenvalue weighted by atomic mass is 79.9. The van der Waals surface area contributed by atoms with Crippen molar-refractivity contribution in [3.63, 3.8) is 0 Å². The van der Waals surface area contributed by atoms with E-state index in [1.165, 1.54) is 0 Å². The maximum atomic E-state index is 11.7. The average molecular weight is 292 g/mol. The summed E-state index contributed by atoms with van der Waals surface area (Å²) >= 11 is 9.10.